The average Bonchev–Trinajstić information content (AvgIpc) is 2.84. The van der Waals surface area contributed by atoms with E-state index in [4.69, 9.17) is 5.11 Å². The van der Waals surface area contributed by atoms with Crippen molar-refractivity contribution in [1.29, 1.82) is 0 Å². The molecule has 0 saturated heterocycles. The number of unbranched alkanes of at least 4 members (excludes halogenated alkanes) is 1. The molecule has 0 saturated carbocycles. The molecule has 2 rings (SSSR count). The summed E-state index contributed by atoms with van der Waals surface area (Å²) in [5.41, 5.74) is 1.70. The fourth-order valence-corrected chi connectivity index (χ4v) is 1.40. The van der Waals surface area contributed by atoms with Crippen molar-refractivity contribution < 1.29 is 5.11 Å². The van der Waals surface area contributed by atoms with Crippen LogP contribution >= 0.6 is 0 Å². The lowest BCUT2D eigenvalue weighted by Crippen LogP contribution is -1.99. The standard InChI is InChI=1S/C13H13N3O/c17-10-6-2-5-9-13-11-14-15-16(13)12-7-3-1-4-8-12/h1,3-4,7-8,11,17H,2,6,10H2. The van der Waals surface area contributed by atoms with Crippen molar-refractivity contribution in [1.82, 2.24) is 15.0 Å². The SMILES string of the molecule is OCCCC#Cc1cnnn1-c1ccccc1. The van der Waals surface area contributed by atoms with Crippen LogP contribution in [0.25, 0.3) is 5.69 Å². The molecule has 0 aliphatic rings. The van der Waals surface area contributed by atoms with E-state index in [1.165, 1.54) is 0 Å². The lowest BCUT2D eigenvalue weighted by Gasteiger charge is -2.00. The zero-order chi connectivity index (χ0) is 11.9. The van der Waals surface area contributed by atoms with Crippen molar-refractivity contribution >= 4 is 0 Å². The fraction of sp³-hybridized carbons (Fsp3) is 0.231. The minimum Gasteiger partial charge on any atom is -0.396 e. The number of benzene rings is 1. The van der Waals surface area contributed by atoms with E-state index < -0.39 is 0 Å². The summed E-state index contributed by atoms with van der Waals surface area (Å²) >= 11 is 0. The highest BCUT2D eigenvalue weighted by Crippen LogP contribution is 2.07. The second-order valence-corrected chi connectivity index (χ2v) is 3.50. The molecule has 0 aliphatic heterocycles. The smallest absolute Gasteiger partial charge is 0.137 e. The Labute approximate surface area is 99.9 Å². The van der Waals surface area contributed by atoms with Crippen LogP contribution in [0, 0.1) is 11.8 Å². The van der Waals surface area contributed by atoms with Gasteiger partial charge in [0.1, 0.15) is 5.69 Å². The third-order valence-corrected chi connectivity index (χ3v) is 2.23. The predicted octanol–water partition coefficient (Wildman–Crippen LogP) is 1.39. The van der Waals surface area contributed by atoms with Crippen molar-refractivity contribution in [2.45, 2.75) is 12.8 Å². The van der Waals surface area contributed by atoms with Crippen LogP contribution in [0.5, 0.6) is 0 Å². The highest BCUT2D eigenvalue weighted by Gasteiger charge is 2.01. The molecule has 1 aromatic heterocycles. The molecule has 1 N–H and O–H groups in total. The van der Waals surface area contributed by atoms with Crippen molar-refractivity contribution in [3.05, 3.63) is 42.2 Å². The van der Waals surface area contributed by atoms with Crippen molar-refractivity contribution in [3.63, 3.8) is 0 Å². The van der Waals surface area contributed by atoms with E-state index >= 15 is 0 Å². The van der Waals surface area contributed by atoms with Gasteiger partial charge in [-0.25, -0.2) is 4.68 Å². The number of aromatic nitrogens is 3. The maximum absolute atomic E-state index is 8.66. The first-order valence-corrected chi connectivity index (χ1v) is 5.47. The number of hydrogen-bond donors (Lipinski definition) is 1. The highest BCUT2D eigenvalue weighted by molar-refractivity contribution is 5.36. The third kappa shape index (κ3) is 2.92. The summed E-state index contributed by atoms with van der Waals surface area (Å²) in [4.78, 5) is 0. The van der Waals surface area contributed by atoms with Crippen LogP contribution in [0.15, 0.2) is 36.5 Å². The maximum Gasteiger partial charge on any atom is 0.137 e. The Morgan fingerprint density at radius 1 is 1.24 bits per heavy atom. The largest absolute Gasteiger partial charge is 0.396 e. The maximum atomic E-state index is 8.66. The summed E-state index contributed by atoms with van der Waals surface area (Å²) in [5.74, 6) is 5.99. The molecule has 17 heavy (non-hydrogen) atoms. The molecule has 4 heteroatoms. The van der Waals surface area contributed by atoms with E-state index in [1.807, 2.05) is 30.3 Å². The summed E-state index contributed by atoms with van der Waals surface area (Å²) < 4.78 is 1.70. The van der Waals surface area contributed by atoms with Gasteiger partial charge in [-0.15, -0.1) is 5.10 Å². The molecule has 0 amide bonds. The Balaban J connectivity index is 2.20. The van der Waals surface area contributed by atoms with Gasteiger partial charge in [-0.2, -0.15) is 0 Å². The molecule has 0 spiro atoms. The molecule has 0 unspecified atom stereocenters. The topological polar surface area (TPSA) is 50.9 Å². The van der Waals surface area contributed by atoms with E-state index in [9.17, 15) is 0 Å². The van der Waals surface area contributed by atoms with Gasteiger partial charge in [0.2, 0.25) is 0 Å². The Morgan fingerprint density at radius 3 is 2.82 bits per heavy atom. The summed E-state index contributed by atoms with van der Waals surface area (Å²) in [6.45, 7) is 0.172. The predicted molar refractivity (Wildman–Crippen MR) is 64.6 cm³/mol. The average molecular weight is 227 g/mol. The van der Waals surface area contributed by atoms with Crippen LogP contribution in [-0.4, -0.2) is 26.7 Å². The van der Waals surface area contributed by atoms with E-state index in [-0.39, 0.29) is 6.61 Å². The molecule has 0 atom stereocenters. The first-order valence-electron chi connectivity index (χ1n) is 5.47. The molecule has 86 valence electrons. The van der Waals surface area contributed by atoms with Gasteiger partial charge in [0.15, 0.2) is 0 Å². The van der Waals surface area contributed by atoms with Crippen LogP contribution in [-0.2, 0) is 0 Å². The van der Waals surface area contributed by atoms with Crippen LogP contribution in [0.1, 0.15) is 18.5 Å². The van der Waals surface area contributed by atoms with Crippen molar-refractivity contribution in [3.8, 4) is 17.5 Å². The van der Waals surface area contributed by atoms with Gasteiger partial charge in [0.25, 0.3) is 0 Å². The van der Waals surface area contributed by atoms with Crippen LogP contribution in [0.2, 0.25) is 0 Å². The number of aliphatic hydroxyl groups is 1. The van der Waals surface area contributed by atoms with Gasteiger partial charge in [-0.3, -0.25) is 0 Å². The van der Waals surface area contributed by atoms with Gasteiger partial charge in [-0.1, -0.05) is 29.3 Å². The quantitative estimate of drug-likeness (QED) is 0.637. The van der Waals surface area contributed by atoms with E-state index in [1.54, 1.807) is 10.9 Å². The fourth-order valence-electron chi connectivity index (χ4n) is 1.40. The lowest BCUT2D eigenvalue weighted by molar-refractivity contribution is 0.290. The Bertz CT molecular complexity index is 522. The van der Waals surface area contributed by atoms with Gasteiger partial charge in [0, 0.05) is 13.0 Å². The minimum atomic E-state index is 0.172. The van der Waals surface area contributed by atoms with E-state index in [0.717, 1.165) is 11.4 Å². The Morgan fingerprint density at radius 2 is 2.06 bits per heavy atom. The zero-order valence-corrected chi connectivity index (χ0v) is 9.37. The van der Waals surface area contributed by atoms with Gasteiger partial charge >= 0.3 is 0 Å². The van der Waals surface area contributed by atoms with Crippen LogP contribution in [0.3, 0.4) is 0 Å². The monoisotopic (exact) mass is 227 g/mol. The second kappa shape index (κ2) is 5.83. The summed E-state index contributed by atoms with van der Waals surface area (Å²) in [6, 6.07) is 9.74. The van der Waals surface area contributed by atoms with Crippen LogP contribution in [0.4, 0.5) is 0 Å². The summed E-state index contributed by atoms with van der Waals surface area (Å²) in [5, 5.41) is 16.5. The summed E-state index contributed by atoms with van der Waals surface area (Å²) in [7, 11) is 0. The van der Waals surface area contributed by atoms with Gasteiger partial charge in [-0.05, 0) is 24.5 Å². The lowest BCUT2D eigenvalue weighted by atomic mass is 10.3. The van der Waals surface area contributed by atoms with Crippen molar-refractivity contribution in [2.24, 2.45) is 0 Å². The second-order valence-electron chi connectivity index (χ2n) is 3.50. The molecule has 4 nitrogen and oxygen atoms in total. The Kier molecular flexibility index (Phi) is 3.90. The minimum absolute atomic E-state index is 0.172. The molecule has 0 bridgehead atoms. The number of rotatable bonds is 3. The molecule has 0 fully saturated rings. The van der Waals surface area contributed by atoms with Crippen molar-refractivity contribution in [2.75, 3.05) is 6.61 Å². The number of aliphatic hydroxyl groups excluding tert-OH is 1. The number of para-hydroxylation sites is 1. The highest BCUT2D eigenvalue weighted by atomic mass is 16.2. The normalized spacial score (nSPS) is 9.71. The molecule has 1 heterocycles. The molecule has 2 aromatic rings. The molecular formula is C13H13N3O. The Hall–Kier alpha value is -2.12. The third-order valence-electron chi connectivity index (χ3n) is 2.23. The van der Waals surface area contributed by atoms with Crippen LogP contribution < -0.4 is 0 Å². The first kappa shape index (κ1) is 11.4. The summed E-state index contributed by atoms with van der Waals surface area (Å²) in [6.07, 6.45) is 3.01. The van der Waals surface area contributed by atoms with Gasteiger partial charge < -0.3 is 5.11 Å². The van der Waals surface area contributed by atoms with Gasteiger partial charge in [0.05, 0.1) is 11.9 Å². The van der Waals surface area contributed by atoms with E-state index in [0.29, 0.717) is 12.8 Å². The first-order chi connectivity index (χ1) is 8.42. The molecular weight excluding hydrogens is 214 g/mol. The molecule has 0 aliphatic carbocycles. The number of nitrogens with zero attached hydrogens (tertiary/aromatic N) is 3. The molecule has 0 radical (unpaired) electrons. The van der Waals surface area contributed by atoms with E-state index in [2.05, 4.69) is 22.2 Å². The molecule has 1 aromatic carbocycles. The number of hydrogen-bond acceptors (Lipinski definition) is 3. The zero-order valence-electron chi connectivity index (χ0n) is 9.37.